The molecular formula is C16H14O2S2. The van der Waals surface area contributed by atoms with Crippen LogP contribution in [0.15, 0.2) is 35.7 Å². The van der Waals surface area contributed by atoms with Gasteiger partial charge in [-0.15, -0.1) is 22.7 Å². The Labute approximate surface area is 125 Å². The van der Waals surface area contributed by atoms with Crippen LogP contribution in [0.3, 0.4) is 0 Å². The molecule has 4 rings (SSSR count). The lowest BCUT2D eigenvalue weighted by molar-refractivity contribution is 0.223. The van der Waals surface area contributed by atoms with Crippen molar-refractivity contribution in [1.29, 1.82) is 0 Å². The van der Waals surface area contributed by atoms with Crippen molar-refractivity contribution in [1.82, 2.24) is 0 Å². The smallest absolute Gasteiger partial charge is 0.122 e. The molecule has 1 aliphatic heterocycles. The molecular weight excluding hydrogens is 288 g/mol. The molecule has 0 aliphatic carbocycles. The molecule has 0 bridgehead atoms. The molecule has 1 atom stereocenters. The van der Waals surface area contributed by atoms with E-state index in [1.807, 2.05) is 12.1 Å². The quantitative estimate of drug-likeness (QED) is 0.761. The third kappa shape index (κ3) is 2.04. The molecule has 1 aliphatic rings. The van der Waals surface area contributed by atoms with Crippen LogP contribution in [-0.4, -0.2) is 11.7 Å². The Balaban J connectivity index is 1.70. The zero-order chi connectivity index (χ0) is 13.5. The van der Waals surface area contributed by atoms with Crippen LogP contribution in [0, 0.1) is 0 Å². The molecule has 102 valence electrons. The summed E-state index contributed by atoms with van der Waals surface area (Å²) in [5, 5.41) is 12.7. The van der Waals surface area contributed by atoms with E-state index in [-0.39, 0.29) is 0 Å². The van der Waals surface area contributed by atoms with E-state index in [4.69, 9.17) is 4.74 Å². The summed E-state index contributed by atoms with van der Waals surface area (Å²) in [6.45, 7) is 0.802. The number of aliphatic hydroxyl groups is 1. The Morgan fingerprint density at radius 2 is 2.10 bits per heavy atom. The lowest BCUT2D eigenvalue weighted by Crippen LogP contribution is -2.09. The molecule has 1 unspecified atom stereocenters. The minimum absolute atomic E-state index is 0.535. The van der Waals surface area contributed by atoms with Crippen molar-refractivity contribution in [3.8, 4) is 5.75 Å². The van der Waals surface area contributed by atoms with Crippen LogP contribution in [0.1, 0.15) is 28.5 Å². The van der Waals surface area contributed by atoms with E-state index in [9.17, 15) is 5.11 Å². The monoisotopic (exact) mass is 302 g/mol. The van der Waals surface area contributed by atoms with Crippen molar-refractivity contribution < 1.29 is 9.84 Å². The van der Waals surface area contributed by atoms with Gasteiger partial charge in [-0.3, -0.25) is 0 Å². The van der Waals surface area contributed by atoms with Crippen LogP contribution in [-0.2, 0) is 6.42 Å². The van der Waals surface area contributed by atoms with Gasteiger partial charge in [0.15, 0.2) is 0 Å². The molecule has 0 saturated carbocycles. The summed E-state index contributed by atoms with van der Waals surface area (Å²) in [4.78, 5) is 1.02. The predicted molar refractivity (Wildman–Crippen MR) is 84.0 cm³/mol. The molecule has 0 radical (unpaired) electrons. The molecule has 0 amide bonds. The van der Waals surface area contributed by atoms with Crippen LogP contribution in [0.25, 0.3) is 9.40 Å². The standard InChI is InChI=1S/C16H14O2S2/c17-16(15-9-14-13(20-15)5-7-19-14)11-3-4-12-10(8-11)2-1-6-18-12/h3-5,7-9,16-17H,1-2,6H2. The SMILES string of the molecule is OC(c1ccc2c(c1)CCCO2)c1cc2sccc2s1. The van der Waals surface area contributed by atoms with Gasteiger partial charge in [-0.1, -0.05) is 6.07 Å². The fourth-order valence-electron chi connectivity index (χ4n) is 2.63. The number of thiophene rings is 2. The zero-order valence-electron chi connectivity index (χ0n) is 10.8. The van der Waals surface area contributed by atoms with Crippen molar-refractivity contribution in [2.24, 2.45) is 0 Å². The first-order valence-electron chi connectivity index (χ1n) is 6.72. The average molecular weight is 302 g/mol. The van der Waals surface area contributed by atoms with Gasteiger partial charge in [-0.2, -0.15) is 0 Å². The van der Waals surface area contributed by atoms with E-state index < -0.39 is 6.10 Å². The molecule has 0 saturated heterocycles. The third-order valence-electron chi connectivity index (χ3n) is 3.68. The molecule has 2 aromatic heterocycles. The Kier molecular flexibility index (Phi) is 3.02. The van der Waals surface area contributed by atoms with Gasteiger partial charge in [0.25, 0.3) is 0 Å². The van der Waals surface area contributed by atoms with Crippen molar-refractivity contribution in [3.63, 3.8) is 0 Å². The second kappa shape index (κ2) is 4.88. The first kappa shape index (κ1) is 12.4. The first-order chi connectivity index (χ1) is 9.81. The summed E-state index contributed by atoms with van der Waals surface area (Å²) in [6, 6.07) is 10.3. The molecule has 20 heavy (non-hydrogen) atoms. The first-order valence-corrected chi connectivity index (χ1v) is 8.41. The molecule has 0 spiro atoms. The summed E-state index contributed by atoms with van der Waals surface area (Å²) < 4.78 is 8.13. The minimum atomic E-state index is -0.535. The lowest BCUT2D eigenvalue weighted by atomic mass is 10.00. The largest absolute Gasteiger partial charge is 0.493 e. The number of hydrogen-bond donors (Lipinski definition) is 1. The number of ether oxygens (including phenoxy) is 1. The summed E-state index contributed by atoms with van der Waals surface area (Å²) in [7, 11) is 0. The maximum absolute atomic E-state index is 10.6. The molecule has 3 heterocycles. The lowest BCUT2D eigenvalue weighted by Gasteiger charge is -2.19. The van der Waals surface area contributed by atoms with Gasteiger partial charge in [-0.25, -0.2) is 0 Å². The molecule has 4 heteroatoms. The Morgan fingerprint density at radius 3 is 3.00 bits per heavy atom. The van der Waals surface area contributed by atoms with Crippen molar-refractivity contribution in [2.45, 2.75) is 18.9 Å². The molecule has 0 fully saturated rings. The molecule has 1 aromatic carbocycles. The van der Waals surface area contributed by atoms with Crippen LogP contribution < -0.4 is 4.74 Å². The van der Waals surface area contributed by atoms with Crippen LogP contribution in [0.2, 0.25) is 0 Å². The van der Waals surface area contributed by atoms with E-state index >= 15 is 0 Å². The average Bonchev–Trinajstić information content (AvgIpc) is 3.07. The van der Waals surface area contributed by atoms with Gasteiger partial charge in [0, 0.05) is 14.3 Å². The number of rotatable bonds is 2. The van der Waals surface area contributed by atoms with Gasteiger partial charge in [0.1, 0.15) is 11.9 Å². The van der Waals surface area contributed by atoms with Crippen LogP contribution in [0.4, 0.5) is 0 Å². The van der Waals surface area contributed by atoms with E-state index in [0.29, 0.717) is 0 Å². The number of aliphatic hydroxyl groups excluding tert-OH is 1. The highest BCUT2D eigenvalue weighted by Crippen LogP contribution is 2.37. The second-order valence-corrected chi connectivity index (χ2v) is 7.08. The van der Waals surface area contributed by atoms with Gasteiger partial charge in [-0.05, 0) is 53.6 Å². The Hall–Kier alpha value is -1.36. The van der Waals surface area contributed by atoms with Crippen molar-refractivity contribution in [3.05, 3.63) is 51.7 Å². The highest BCUT2D eigenvalue weighted by molar-refractivity contribution is 7.26. The third-order valence-corrected chi connectivity index (χ3v) is 5.82. The van der Waals surface area contributed by atoms with E-state index in [0.717, 1.165) is 35.6 Å². The van der Waals surface area contributed by atoms with E-state index in [2.05, 4.69) is 23.6 Å². The second-order valence-electron chi connectivity index (χ2n) is 5.02. The minimum Gasteiger partial charge on any atom is -0.493 e. The topological polar surface area (TPSA) is 29.5 Å². The van der Waals surface area contributed by atoms with Crippen molar-refractivity contribution in [2.75, 3.05) is 6.61 Å². The Bertz CT molecular complexity index is 728. The normalized spacial score (nSPS) is 15.8. The molecule has 1 N–H and O–H groups in total. The zero-order valence-corrected chi connectivity index (χ0v) is 12.5. The summed E-state index contributed by atoms with van der Waals surface area (Å²) in [5.41, 5.74) is 2.18. The molecule has 3 aromatic rings. The van der Waals surface area contributed by atoms with Crippen LogP contribution >= 0.6 is 22.7 Å². The number of hydrogen-bond acceptors (Lipinski definition) is 4. The summed E-state index contributed by atoms with van der Waals surface area (Å²) in [5.74, 6) is 0.972. The molecule has 2 nitrogen and oxygen atoms in total. The number of aryl methyl sites for hydroxylation is 1. The fourth-order valence-corrected chi connectivity index (χ4v) is 4.77. The maximum atomic E-state index is 10.6. The van der Waals surface area contributed by atoms with Crippen LogP contribution in [0.5, 0.6) is 5.75 Å². The van der Waals surface area contributed by atoms with Gasteiger partial charge < -0.3 is 9.84 Å². The Morgan fingerprint density at radius 1 is 1.15 bits per heavy atom. The van der Waals surface area contributed by atoms with Gasteiger partial charge in [0.05, 0.1) is 6.61 Å². The van der Waals surface area contributed by atoms with E-state index in [1.54, 1.807) is 22.7 Å². The number of benzene rings is 1. The maximum Gasteiger partial charge on any atom is 0.122 e. The van der Waals surface area contributed by atoms with Gasteiger partial charge in [0.2, 0.25) is 0 Å². The van der Waals surface area contributed by atoms with Gasteiger partial charge >= 0.3 is 0 Å². The predicted octanol–water partition coefficient (Wildman–Crippen LogP) is 4.37. The van der Waals surface area contributed by atoms with E-state index in [1.165, 1.54) is 15.0 Å². The fraction of sp³-hybridized carbons (Fsp3) is 0.250. The highest BCUT2D eigenvalue weighted by Gasteiger charge is 2.17. The van der Waals surface area contributed by atoms with Crippen molar-refractivity contribution >= 4 is 32.1 Å². The summed E-state index contributed by atoms with van der Waals surface area (Å²) >= 11 is 3.40. The number of fused-ring (bicyclic) bond motifs is 2. The summed E-state index contributed by atoms with van der Waals surface area (Å²) in [6.07, 6.45) is 1.56. The highest BCUT2D eigenvalue weighted by atomic mass is 32.1.